The maximum absolute atomic E-state index is 12.0. The number of nitrogens with zero attached hydrogens (tertiary/aromatic N) is 1. The highest BCUT2D eigenvalue weighted by atomic mass is 35.5. The second kappa shape index (κ2) is 7.98. The molecule has 2 aromatic carbocycles. The Morgan fingerprint density at radius 3 is 2.63 bits per heavy atom. The first kappa shape index (κ1) is 18.6. The monoisotopic (exact) mass is 401 g/mol. The number of nitro benzene ring substituents is 1. The Morgan fingerprint density at radius 1 is 1.11 bits per heavy atom. The van der Waals surface area contributed by atoms with Crippen molar-refractivity contribution in [1.82, 2.24) is 10.9 Å². The summed E-state index contributed by atoms with van der Waals surface area (Å²) in [6.45, 7) is 0. The smallest absolute Gasteiger partial charge is 0.268 e. The largest absolute Gasteiger partial charge is 0.270 e. The lowest BCUT2D eigenvalue weighted by atomic mass is 10.2. The fraction of sp³-hybridized carbons (Fsp3) is 0. The molecule has 0 atom stereocenters. The van der Waals surface area contributed by atoms with Crippen molar-refractivity contribution < 1.29 is 14.5 Å². The Hall–Kier alpha value is -3.23. The minimum absolute atomic E-state index is 0.0565. The number of hydrazine groups is 1. The SMILES string of the molecule is O=C(/C=C/c1sc2ccccc2c1Cl)NNC(=O)c1cccc([N+](=O)[O-])c1. The van der Waals surface area contributed by atoms with Crippen LogP contribution in [-0.4, -0.2) is 16.7 Å². The van der Waals surface area contributed by atoms with Crippen LogP contribution in [0.2, 0.25) is 5.02 Å². The second-order valence-corrected chi connectivity index (χ2v) is 6.82. The summed E-state index contributed by atoms with van der Waals surface area (Å²) in [5.41, 5.74) is 4.26. The van der Waals surface area contributed by atoms with Crippen molar-refractivity contribution >= 4 is 56.6 Å². The molecule has 0 aliphatic heterocycles. The van der Waals surface area contributed by atoms with Gasteiger partial charge in [-0.25, -0.2) is 0 Å². The molecule has 2 N–H and O–H groups in total. The van der Waals surface area contributed by atoms with Crippen LogP contribution in [0.4, 0.5) is 5.69 Å². The Bertz CT molecular complexity index is 1080. The van der Waals surface area contributed by atoms with E-state index in [9.17, 15) is 19.7 Å². The van der Waals surface area contributed by atoms with Crippen LogP contribution in [0.1, 0.15) is 15.2 Å². The third-order valence-corrected chi connectivity index (χ3v) is 5.22. The lowest BCUT2D eigenvalue weighted by Gasteiger charge is -2.05. The number of benzene rings is 2. The van der Waals surface area contributed by atoms with Gasteiger partial charge in [-0.1, -0.05) is 35.9 Å². The number of carbonyl (C=O) groups excluding carboxylic acids is 2. The number of thiophene rings is 1. The van der Waals surface area contributed by atoms with Gasteiger partial charge in [-0.2, -0.15) is 0 Å². The summed E-state index contributed by atoms with van der Waals surface area (Å²) < 4.78 is 1.00. The highest BCUT2D eigenvalue weighted by molar-refractivity contribution is 7.20. The van der Waals surface area contributed by atoms with Crippen LogP contribution in [0.25, 0.3) is 16.2 Å². The molecule has 0 spiro atoms. The molecule has 0 unspecified atom stereocenters. The van der Waals surface area contributed by atoms with Gasteiger partial charge < -0.3 is 0 Å². The van der Waals surface area contributed by atoms with Crippen molar-refractivity contribution in [2.75, 3.05) is 0 Å². The summed E-state index contributed by atoms with van der Waals surface area (Å²) in [6.07, 6.45) is 2.80. The zero-order valence-corrected chi connectivity index (χ0v) is 15.2. The molecule has 136 valence electrons. The number of nitrogens with one attached hydrogen (secondary N) is 2. The molecule has 1 aromatic heterocycles. The van der Waals surface area contributed by atoms with E-state index in [1.807, 2.05) is 24.3 Å². The molecule has 1 heterocycles. The Kier molecular flexibility index (Phi) is 5.49. The fourth-order valence-corrected chi connectivity index (χ4v) is 3.68. The third-order valence-electron chi connectivity index (χ3n) is 3.56. The standard InChI is InChI=1S/C18H12ClN3O4S/c19-17-13-6-1-2-7-14(13)27-15(17)8-9-16(23)20-21-18(24)11-4-3-5-12(10-11)22(25)26/h1-10H,(H,20,23)(H,21,24)/b9-8+. The summed E-state index contributed by atoms with van der Waals surface area (Å²) in [7, 11) is 0. The van der Waals surface area contributed by atoms with Crippen LogP contribution < -0.4 is 10.9 Å². The lowest BCUT2D eigenvalue weighted by molar-refractivity contribution is -0.384. The number of rotatable bonds is 4. The van der Waals surface area contributed by atoms with E-state index in [2.05, 4.69) is 10.9 Å². The van der Waals surface area contributed by atoms with E-state index in [4.69, 9.17) is 11.6 Å². The fourth-order valence-electron chi connectivity index (χ4n) is 2.28. The van der Waals surface area contributed by atoms with Crippen LogP contribution in [0.3, 0.4) is 0 Å². The van der Waals surface area contributed by atoms with E-state index in [-0.39, 0.29) is 11.3 Å². The van der Waals surface area contributed by atoms with E-state index >= 15 is 0 Å². The van der Waals surface area contributed by atoms with Gasteiger partial charge in [-0.3, -0.25) is 30.6 Å². The predicted octanol–water partition coefficient (Wildman–Crippen LogP) is 3.94. The molecule has 0 saturated heterocycles. The van der Waals surface area contributed by atoms with Gasteiger partial charge in [0.15, 0.2) is 0 Å². The number of non-ortho nitro benzene ring substituents is 1. The zero-order chi connectivity index (χ0) is 19.4. The molecule has 0 bridgehead atoms. The predicted molar refractivity (Wildman–Crippen MR) is 105 cm³/mol. The first-order chi connectivity index (χ1) is 13.0. The number of hydrogen-bond donors (Lipinski definition) is 2. The van der Waals surface area contributed by atoms with Crippen molar-refractivity contribution in [1.29, 1.82) is 0 Å². The molecule has 0 radical (unpaired) electrons. The molecule has 0 fully saturated rings. The van der Waals surface area contributed by atoms with Gasteiger partial charge >= 0.3 is 0 Å². The zero-order valence-electron chi connectivity index (χ0n) is 13.6. The first-order valence-electron chi connectivity index (χ1n) is 7.65. The molecule has 9 heteroatoms. The van der Waals surface area contributed by atoms with E-state index in [1.165, 1.54) is 35.6 Å². The van der Waals surface area contributed by atoms with Gasteiger partial charge in [0, 0.05) is 38.7 Å². The van der Waals surface area contributed by atoms with Crippen molar-refractivity contribution in [2.45, 2.75) is 0 Å². The van der Waals surface area contributed by atoms with Crippen molar-refractivity contribution in [2.24, 2.45) is 0 Å². The highest BCUT2D eigenvalue weighted by Crippen LogP contribution is 2.35. The summed E-state index contributed by atoms with van der Waals surface area (Å²) in [5, 5.41) is 12.2. The molecule has 0 saturated carbocycles. The van der Waals surface area contributed by atoms with Crippen molar-refractivity contribution in [3.63, 3.8) is 0 Å². The number of halogens is 1. The number of nitro groups is 1. The summed E-state index contributed by atoms with van der Waals surface area (Å²) >= 11 is 7.73. The average molecular weight is 402 g/mol. The molecule has 2 amide bonds. The Morgan fingerprint density at radius 2 is 1.89 bits per heavy atom. The first-order valence-corrected chi connectivity index (χ1v) is 8.85. The number of hydrogen-bond acceptors (Lipinski definition) is 5. The normalized spacial score (nSPS) is 10.9. The number of fused-ring (bicyclic) bond motifs is 1. The molecular weight excluding hydrogens is 390 g/mol. The summed E-state index contributed by atoms with van der Waals surface area (Å²) in [5.74, 6) is -1.23. The van der Waals surface area contributed by atoms with Gasteiger partial charge in [-0.05, 0) is 18.2 Å². The van der Waals surface area contributed by atoms with Crippen LogP contribution in [0.5, 0.6) is 0 Å². The van der Waals surface area contributed by atoms with Crippen molar-refractivity contribution in [3.05, 3.63) is 80.2 Å². The number of carbonyl (C=O) groups is 2. The van der Waals surface area contributed by atoms with Crippen LogP contribution in [0.15, 0.2) is 54.6 Å². The van der Waals surface area contributed by atoms with Crippen molar-refractivity contribution in [3.8, 4) is 0 Å². The van der Waals surface area contributed by atoms with E-state index in [0.29, 0.717) is 5.02 Å². The van der Waals surface area contributed by atoms with Gasteiger partial charge in [0.05, 0.1) is 9.95 Å². The maximum Gasteiger partial charge on any atom is 0.270 e. The Balaban J connectivity index is 1.63. The van der Waals surface area contributed by atoms with Gasteiger partial charge in [0.1, 0.15) is 0 Å². The molecule has 27 heavy (non-hydrogen) atoms. The minimum Gasteiger partial charge on any atom is -0.268 e. The highest BCUT2D eigenvalue weighted by Gasteiger charge is 2.12. The van der Waals surface area contributed by atoms with E-state index in [1.54, 1.807) is 6.08 Å². The molecule has 0 aliphatic carbocycles. The number of amides is 2. The lowest BCUT2D eigenvalue weighted by Crippen LogP contribution is -2.40. The molecular formula is C18H12ClN3O4S. The topological polar surface area (TPSA) is 101 Å². The molecule has 3 aromatic rings. The minimum atomic E-state index is -0.666. The van der Waals surface area contributed by atoms with Crippen LogP contribution >= 0.6 is 22.9 Å². The van der Waals surface area contributed by atoms with E-state index in [0.717, 1.165) is 21.0 Å². The van der Waals surface area contributed by atoms with Gasteiger partial charge in [0.25, 0.3) is 17.5 Å². The maximum atomic E-state index is 12.0. The van der Waals surface area contributed by atoms with Gasteiger partial charge in [-0.15, -0.1) is 11.3 Å². The summed E-state index contributed by atoms with van der Waals surface area (Å²) in [6, 6.07) is 12.8. The second-order valence-electron chi connectivity index (χ2n) is 5.36. The molecule has 0 aliphatic rings. The Labute approximate surface area is 162 Å². The molecule has 3 rings (SSSR count). The quantitative estimate of drug-likeness (QED) is 0.392. The third kappa shape index (κ3) is 4.30. The summed E-state index contributed by atoms with van der Waals surface area (Å²) in [4.78, 5) is 34.7. The van der Waals surface area contributed by atoms with Crippen LogP contribution in [-0.2, 0) is 4.79 Å². The molecule has 7 nitrogen and oxygen atoms in total. The van der Waals surface area contributed by atoms with Gasteiger partial charge in [0.2, 0.25) is 0 Å². The van der Waals surface area contributed by atoms with Crippen LogP contribution in [0, 0.1) is 10.1 Å². The average Bonchev–Trinajstić information content (AvgIpc) is 3.00. The van der Waals surface area contributed by atoms with E-state index < -0.39 is 16.7 Å².